The minimum atomic E-state index is -0.194. The first kappa shape index (κ1) is 17.5. The Morgan fingerprint density at radius 1 is 1.24 bits per heavy atom. The highest BCUT2D eigenvalue weighted by molar-refractivity contribution is 5.26. The smallest absolute Gasteiger partial charge is 0.119 e. The van der Waals surface area contributed by atoms with E-state index >= 15 is 0 Å². The number of nitrogens with one attached hydrogen (secondary N) is 1. The molecule has 0 amide bonds. The van der Waals surface area contributed by atoms with Gasteiger partial charge in [-0.25, -0.2) is 0 Å². The number of aryl methyl sites for hydroxylation is 1. The number of unbranched alkanes of at least 4 members (excludes halogenated alkanes) is 1. The van der Waals surface area contributed by atoms with Gasteiger partial charge in [-0.1, -0.05) is 24.1 Å². The zero-order valence-corrected chi connectivity index (χ0v) is 13.8. The molecule has 21 heavy (non-hydrogen) atoms. The van der Waals surface area contributed by atoms with Gasteiger partial charge in [0.05, 0.1) is 11.5 Å². The maximum absolute atomic E-state index is 8.95. The summed E-state index contributed by atoms with van der Waals surface area (Å²) in [6.45, 7) is 9.85. The molecule has 1 unspecified atom stereocenters. The molecule has 116 valence electrons. The van der Waals surface area contributed by atoms with E-state index in [1.54, 1.807) is 0 Å². The van der Waals surface area contributed by atoms with Crippen molar-refractivity contribution in [3.8, 4) is 11.8 Å². The molecule has 1 aromatic rings. The van der Waals surface area contributed by atoms with Crippen molar-refractivity contribution in [1.82, 2.24) is 5.32 Å². The Bertz CT molecular complexity index is 445. The Hall–Kier alpha value is -1.53. The lowest BCUT2D eigenvalue weighted by atomic mass is 9.89. The second kappa shape index (κ2) is 8.69. The predicted molar refractivity (Wildman–Crippen MR) is 87.4 cm³/mol. The molecule has 0 fully saturated rings. The molecule has 0 aromatic heterocycles. The van der Waals surface area contributed by atoms with Crippen LogP contribution in [0.15, 0.2) is 24.3 Å². The number of rotatable bonds is 9. The molecule has 1 aromatic carbocycles. The van der Waals surface area contributed by atoms with Crippen LogP contribution in [0, 0.1) is 23.7 Å². The lowest BCUT2D eigenvalue weighted by molar-refractivity contribution is 0.272. The summed E-state index contributed by atoms with van der Waals surface area (Å²) in [5.74, 6) is 0.921. The molecular weight excluding hydrogens is 260 g/mol. The van der Waals surface area contributed by atoms with Crippen LogP contribution in [0.1, 0.15) is 45.6 Å². The van der Waals surface area contributed by atoms with E-state index in [2.05, 4.69) is 37.4 Å². The summed E-state index contributed by atoms with van der Waals surface area (Å²) >= 11 is 0. The Balaban J connectivity index is 2.10. The molecule has 0 aliphatic rings. The summed E-state index contributed by atoms with van der Waals surface area (Å²) in [4.78, 5) is 0. The van der Waals surface area contributed by atoms with E-state index < -0.39 is 0 Å². The summed E-state index contributed by atoms with van der Waals surface area (Å²) in [6.07, 6.45) is 3.14. The number of nitrogens with zero attached hydrogens (tertiary/aromatic N) is 1. The van der Waals surface area contributed by atoms with Crippen LogP contribution in [0.5, 0.6) is 5.75 Å². The molecule has 0 aliphatic heterocycles. The standard InChI is InChI=1S/C18H28N2O/c1-15-7-9-17(10-8-15)21-13-16(2)20-12-6-5-11-18(3,4)14-19/h7-10,16,20H,5-6,11-13H2,1-4H3. The summed E-state index contributed by atoms with van der Waals surface area (Å²) in [6, 6.07) is 10.8. The van der Waals surface area contributed by atoms with Crippen molar-refractivity contribution in [2.75, 3.05) is 13.2 Å². The first-order valence-electron chi connectivity index (χ1n) is 7.77. The van der Waals surface area contributed by atoms with Gasteiger partial charge < -0.3 is 10.1 Å². The van der Waals surface area contributed by atoms with Crippen molar-refractivity contribution in [1.29, 1.82) is 5.26 Å². The molecule has 1 atom stereocenters. The molecule has 3 heteroatoms. The molecule has 0 radical (unpaired) electrons. The van der Waals surface area contributed by atoms with Gasteiger partial charge >= 0.3 is 0 Å². The van der Waals surface area contributed by atoms with E-state index in [9.17, 15) is 0 Å². The number of hydrogen-bond donors (Lipinski definition) is 1. The second-order valence-electron chi connectivity index (χ2n) is 6.43. The number of nitriles is 1. The monoisotopic (exact) mass is 288 g/mol. The van der Waals surface area contributed by atoms with Crippen LogP contribution in [0.2, 0.25) is 0 Å². The van der Waals surface area contributed by atoms with Crippen molar-refractivity contribution in [3.63, 3.8) is 0 Å². The lowest BCUT2D eigenvalue weighted by Gasteiger charge is -2.17. The first-order chi connectivity index (χ1) is 9.93. The Kier molecular flexibility index (Phi) is 7.25. The van der Waals surface area contributed by atoms with Crippen LogP contribution in [-0.2, 0) is 0 Å². The van der Waals surface area contributed by atoms with Gasteiger partial charge in [-0.05, 0) is 59.2 Å². The minimum absolute atomic E-state index is 0.194. The zero-order chi connectivity index (χ0) is 15.7. The Morgan fingerprint density at radius 2 is 1.90 bits per heavy atom. The summed E-state index contributed by atoms with van der Waals surface area (Å²) in [5.41, 5.74) is 1.05. The van der Waals surface area contributed by atoms with Crippen molar-refractivity contribution in [3.05, 3.63) is 29.8 Å². The van der Waals surface area contributed by atoms with E-state index in [-0.39, 0.29) is 5.41 Å². The average molecular weight is 288 g/mol. The van der Waals surface area contributed by atoms with Gasteiger partial charge in [0.1, 0.15) is 12.4 Å². The second-order valence-corrected chi connectivity index (χ2v) is 6.43. The van der Waals surface area contributed by atoms with E-state index in [1.807, 2.05) is 26.0 Å². The SMILES string of the molecule is Cc1ccc(OCC(C)NCCCCC(C)(C)C#N)cc1. The number of ether oxygens (including phenoxy) is 1. The van der Waals surface area contributed by atoms with Crippen LogP contribution in [0.3, 0.4) is 0 Å². The predicted octanol–water partition coefficient (Wildman–Crippen LogP) is 4.07. The fourth-order valence-corrected chi connectivity index (χ4v) is 2.01. The topological polar surface area (TPSA) is 45.0 Å². The van der Waals surface area contributed by atoms with Crippen molar-refractivity contribution in [2.45, 2.75) is 53.0 Å². The normalized spacial score (nSPS) is 12.7. The first-order valence-corrected chi connectivity index (χ1v) is 7.77. The van der Waals surface area contributed by atoms with Crippen molar-refractivity contribution < 1.29 is 4.74 Å². The van der Waals surface area contributed by atoms with E-state index in [0.717, 1.165) is 31.6 Å². The van der Waals surface area contributed by atoms with Gasteiger partial charge in [0.15, 0.2) is 0 Å². The highest BCUT2D eigenvalue weighted by atomic mass is 16.5. The molecule has 1 rings (SSSR count). The van der Waals surface area contributed by atoms with Crippen LogP contribution < -0.4 is 10.1 Å². The molecule has 1 N–H and O–H groups in total. The third-order valence-electron chi connectivity index (χ3n) is 3.54. The van der Waals surface area contributed by atoms with Gasteiger partial charge in [0, 0.05) is 6.04 Å². The van der Waals surface area contributed by atoms with E-state index in [4.69, 9.17) is 10.00 Å². The maximum Gasteiger partial charge on any atom is 0.119 e. The lowest BCUT2D eigenvalue weighted by Crippen LogP contribution is -2.32. The molecule has 0 bridgehead atoms. The highest BCUT2D eigenvalue weighted by Gasteiger charge is 2.15. The van der Waals surface area contributed by atoms with E-state index in [0.29, 0.717) is 12.6 Å². The maximum atomic E-state index is 8.95. The molecule has 0 spiro atoms. The molecule has 0 aliphatic carbocycles. The zero-order valence-electron chi connectivity index (χ0n) is 13.8. The van der Waals surface area contributed by atoms with Crippen molar-refractivity contribution in [2.24, 2.45) is 5.41 Å². The molecule has 0 saturated carbocycles. The van der Waals surface area contributed by atoms with Crippen LogP contribution in [0.4, 0.5) is 0 Å². The molecular formula is C18H28N2O. The average Bonchev–Trinajstić information content (AvgIpc) is 2.46. The van der Waals surface area contributed by atoms with Gasteiger partial charge in [-0.2, -0.15) is 5.26 Å². The quantitative estimate of drug-likeness (QED) is 0.697. The fourth-order valence-electron chi connectivity index (χ4n) is 2.01. The minimum Gasteiger partial charge on any atom is -0.492 e. The Morgan fingerprint density at radius 3 is 2.52 bits per heavy atom. The van der Waals surface area contributed by atoms with Gasteiger partial charge in [-0.3, -0.25) is 0 Å². The summed E-state index contributed by atoms with van der Waals surface area (Å²) in [7, 11) is 0. The number of hydrogen-bond acceptors (Lipinski definition) is 3. The van der Waals surface area contributed by atoms with Crippen LogP contribution >= 0.6 is 0 Å². The van der Waals surface area contributed by atoms with Gasteiger partial charge in [-0.15, -0.1) is 0 Å². The van der Waals surface area contributed by atoms with Crippen LogP contribution in [0.25, 0.3) is 0 Å². The van der Waals surface area contributed by atoms with Crippen LogP contribution in [-0.4, -0.2) is 19.2 Å². The molecule has 3 nitrogen and oxygen atoms in total. The van der Waals surface area contributed by atoms with Gasteiger partial charge in [0.2, 0.25) is 0 Å². The van der Waals surface area contributed by atoms with E-state index in [1.165, 1.54) is 5.56 Å². The third-order valence-corrected chi connectivity index (χ3v) is 3.54. The summed E-state index contributed by atoms with van der Waals surface area (Å²) in [5, 5.41) is 12.4. The number of benzene rings is 1. The molecule has 0 heterocycles. The third kappa shape index (κ3) is 7.72. The van der Waals surface area contributed by atoms with Crippen molar-refractivity contribution >= 4 is 0 Å². The van der Waals surface area contributed by atoms with Gasteiger partial charge in [0.25, 0.3) is 0 Å². The summed E-state index contributed by atoms with van der Waals surface area (Å²) < 4.78 is 5.75. The largest absolute Gasteiger partial charge is 0.492 e. The Labute approximate surface area is 129 Å². The molecule has 0 saturated heterocycles. The fraction of sp³-hybridized carbons (Fsp3) is 0.611. The highest BCUT2D eigenvalue weighted by Crippen LogP contribution is 2.21.